The highest BCUT2D eigenvalue weighted by molar-refractivity contribution is 4.86. The molecule has 2 unspecified atom stereocenters. The maximum absolute atomic E-state index is 3.37. The summed E-state index contributed by atoms with van der Waals surface area (Å²) in [6.45, 7) is 8.60. The van der Waals surface area contributed by atoms with E-state index in [9.17, 15) is 0 Å². The topological polar surface area (TPSA) is 15.3 Å². The second kappa shape index (κ2) is 5.31. The number of hydrogen-bond donors (Lipinski definition) is 1. The van der Waals surface area contributed by atoms with E-state index in [2.05, 4.69) is 24.1 Å². The monoisotopic (exact) mass is 210 g/mol. The molecule has 2 nitrogen and oxygen atoms in total. The molecule has 0 aromatic carbocycles. The first-order chi connectivity index (χ1) is 7.31. The Morgan fingerprint density at radius 3 is 2.60 bits per heavy atom. The van der Waals surface area contributed by atoms with Crippen molar-refractivity contribution in [2.24, 2.45) is 5.92 Å². The van der Waals surface area contributed by atoms with Gasteiger partial charge in [0.1, 0.15) is 0 Å². The molecule has 2 aliphatic rings. The van der Waals surface area contributed by atoms with E-state index in [0.717, 1.165) is 18.0 Å². The van der Waals surface area contributed by atoms with Gasteiger partial charge >= 0.3 is 0 Å². The van der Waals surface area contributed by atoms with Gasteiger partial charge in [-0.05, 0) is 58.2 Å². The molecule has 0 saturated carbocycles. The highest BCUT2D eigenvalue weighted by Crippen LogP contribution is 2.27. The second-order valence-corrected chi connectivity index (χ2v) is 5.42. The third-order valence-electron chi connectivity index (χ3n) is 4.24. The van der Waals surface area contributed by atoms with Crippen molar-refractivity contribution in [3.8, 4) is 0 Å². The number of nitrogens with zero attached hydrogens (tertiary/aromatic N) is 1. The van der Waals surface area contributed by atoms with Gasteiger partial charge in [0.2, 0.25) is 0 Å². The summed E-state index contributed by atoms with van der Waals surface area (Å²) >= 11 is 0. The van der Waals surface area contributed by atoms with Crippen LogP contribution in [0.1, 0.15) is 46.0 Å². The molecule has 2 saturated heterocycles. The van der Waals surface area contributed by atoms with E-state index in [1.54, 1.807) is 0 Å². The van der Waals surface area contributed by atoms with Crippen LogP contribution in [0.4, 0.5) is 0 Å². The minimum Gasteiger partial charge on any atom is -0.316 e. The van der Waals surface area contributed by atoms with Gasteiger partial charge in [-0.2, -0.15) is 0 Å². The first-order valence-electron chi connectivity index (χ1n) is 6.77. The number of rotatable bonds is 5. The van der Waals surface area contributed by atoms with Crippen molar-refractivity contribution >= 4 is 0 Å². The van der Waals surface area contributed by atoms with Crippen LogP contribution in [0.2, 0.25) is 0 Å². The Bertz CT molecular complexity index is 187. The molecule has 88 valence electrons. The van der Waals surface area contributed by atoms with Gasteiger partial charge in [-0.1, -0.05) is 13.3 Å². The third-order valence-corrected chi connectivity index (χ3v) is 4.24. The predicted octanol–water partition coefficient (Wildman–Crippen LogP) is 2.25. The minimum atomic E-state index is 0.842. The minimum absolute atomic E-state index is 0.842. The summed E-state index contributed by atoms with van der Waals surface area (Å²) in [4.78, 5) is 2.78. The predicted molar refractivity (Wildman–Crippen MR) is 65.1 cm³/mol. The molecule has 2 aliphatic heterocycles. The van der Waals surface area contributed by atoms with Crippen molar-refractivity contribution in [2.75, 3.05) is 19.6 Å². The fourth-order valence-corrected chi connectivity index (χ4v) is 3.06. The maximum atomic E-state index is 3.37. The zero-order valence-electron chi connectivity index (χ0n) is 10.3. The van der Waals surface area contributed by atoms with Crippen molar-refractivity contribution in [1.82, 2.24) is 10.2 Å². The van der Waals surface area contributed by atoms with Gasteiger partial charge in [0.15, 0.2) is 0 Å². The molecular weight excluding hydrogens is 184 g/mol. The summed E-state index contributed by atoms with van der Waals surface area (Å²) < 4.78 is 0. The molecule has 0 spiro atoms. The molecule has 2 rings (SSSR count). The van der Waals surface area contributed by atoms with E-state index in [1.165, 1.54) is 51.7 Å². The Hall–Kier alpha value is -0.0800. The molecule has 1 N–H and O–H groups in total. The zero-order valence-corrected chi connectivity index (χ0v) is 10.3. The smallest absolute Gasteiger partial charge is 0.00985 e. The molecule has 0 radical (unpaired) electrons. The largest absolute Gasteiger partial charge is 0.316 e. The van der Waals surface area contributed by atoms with Crippen molar-refractivity contribution in [3.05, 3.63) is 0 Å². The second-order valence-electron chi connectivity index (χ2n) is 5.42. The van der Waals surface area contributed by atoms with E-state index in [1.807, 2.05) is 0 Å². The van der Waals surface area contributed by atoms with E-state index < -0.39 is 0 Å². The highest BCUT2D eigenvalue weighted by atomic mass is 15.2. The summed E-state index contributed by atoms with van der Waals surface area (Å²) in [5.74, 6) is 0.972. The lowest BCUT2D eigenvalue weighted by Crippen LogP contribution is -2.45. The molecule has 15 heavy (non-hydrogen) atoms. The Balaban J connectivity index is 1.75. The van der Waals surface area contributed by atoms with Crippen LogP contribution in [0.25, 0.3) is 0 Å². The van der Waals surface area contributed by atoms with Gasteiger partial charge in [0, 0.05) is 12.1 Å². The van der Waals surface area contributed by atoms with Crippen LogP contribution >= 0.6 is 0 Å². The molecule has 0 aromatic heterocycles. The van der Waals surface area contributed by atoms with Crippen molar-refractivity contribution in [3.63, 3.8) is 0 Å². The molecule has 2 fully saturated rings. The summed E-state index contributed by atoms with van der Waals surface area (Å²) in [6.07, 6.45) is 7.04. The lowest BCUT2D eigenvalue weighted by Gasteiger charge is -2.33. The number of hydrogen-bond acceptors (Lipinski definition) is 2. The average Bonchev–Trinajstić information content (AvgIpc) is 2.47. The fourth-order valence-electron chi connectivity index (χ4n) is 3.06. The Morgan fingerprint density at radius 2 is 2.00 bits per heavy atom. The van der Waals surface area contributed by atoms with Gasteiger partial charge in [-0.15, -0.1) is 0 Å². The van der Waals surface area contributed by atoms with E-state index >= 15 is 0 Å². The van der Waals surface area contributed by atoms with Crippen LogP contribution in [0.15, 0.2) is 0 Å². The van der Waals surface area contributed by atoms with Gasteiger partial charge in [0.05, 0.1) is 0 Å². The van der Waals surface area contributed by atoms with Crippen LogP contribution in [0, 0.1) is 5.92 Å². The van der Waals surface area contributed by atoms with Crippen LogP contribution in [0.5, 0.6) is 0 Å². The molecule has 0 aromatic rings. The van der Waals surface area contributed by atoms with Crippen molar-refractivity contribution < 1.29 is 0 Å². The van der Waals surface area contributed by atoms with Crippen LogP contribution < -0.4 is 5.32 Å². The van der Waals surface area contributed by atoms with Crippen LogP contribution in [-0.2, 0) is 0 Å². The Kier molecular flexibility index (Phi) is 4.04. The SMILES string of the molecule is CCCC1CCC(C)N1CCC1CNC1. The highest BCUT2D eigenvalue weighted by Gasteiger charge is 2.30. The molecule has 2 heterocycles. The van der Waals surface area contributed by atoms with Crippen LogP contribution in [0.3, 0.4) is 0 Å². The molecule has 0 amide bonds. The summed E-state index contributed by atoms with van der Waals surface area (Å²) in [7, 11) is 0. The van der Waals surface area contributed by atoms with Crippen molar-refractivity contribution in [2.45, 2.75) is 58.0 Å². The zero-order chi connectivity index (χ0) is 10.7. The lowest BCUT2D eigenvalue weighted by atomic mass is 9.98. The van der Waals surface area contributed by atoms with E-state index in [-0.39, 0.29) is 0 Å². The molecular formula is C13H26N2. The molecule has 0 bridgehead atoms. The van der Waals surface area contributed by atoms with E-state index in [0.29, 0.717) is 0 Å². The van der Waals surface area contributed by atoms with E-state index in [4.69, 9.17) is 0 Å². The first-order valence-corrected chi connectivity index (χ1v) is 6.77. The lowest BCUT2D eigenvalue weighted by molar-refractivity contribution is 0.168. The normalized spacial score (nSPS) is 33.2. The Labute approximate surface area is 94.4 Å². The Morgan fingerprint density at radius 1 is 1.20 bits per heavy atom. The fraction of sp³-hybridized carbons (Fsp3) is 1.00. The maximum Gasteiger partial charge on any atom is 0.00985 e. The number of nitrogens with one attached hydrogen (secondary N) is 1. The van der Waals surface area contributed by atoms with Crippen LogP contribution in [-0.4, -0.2) is 36.6 Å². The molecule has 0 aliphatic carbocycles. The quantitative estimate of drug-likeness (QED) is 0.749. The third kappa shape index (κ3) is 2.73. The van der Waals surface area contributed by atoms with Gasteiger partial charge in [0.25, 0.3) is 0 Å². The number of likely N-dealkylation sites (tertiary alicyclic amines) is 1. The van der Waals surface area contributed by atoms with Crippen molar-refractivity contribution in [1.29, 1.82) is 0 Å². The average molecular weight is 210 g/mol. The van der Waals surface area contributed by atoms with Gasteiger partial charge in [-0.25, -0.2) is 0 Å². The summed E-state index contributed by atoms with van der Waals surface area (Å²) in [5, 5.41) is 3.37. The summed E-state index contributed by atoms with van der Waals surface area (Å²) in [6, 6.07) is 1.74. The molecule has 2 atom stereocenters. The van der Waals surface area contributed by atoms with Gasteiger partial charge < -0.3 is 5.32 Å². The first kappa shape index (κ1) is 11.4. The molecule has 2 heteroatoms. The standard InChI is InChI=1S/C13H26N2/c1-3-4-13-6-5-11(2)15(13)8-7-12-9-14-10-12/h11-14H,3-10H2,1-2H3. The summed E-state index contributed by atoms with van der Waals surface area (Å²) in [5.41, 5.74) is 0. The van der Waals surface area contributed by atoms with Gasteiger partial charge in [-0.3, -0.25) is 4.90 Å².